The van der Waals surface area contributed by atoms with Crippen molar-refractivity contribution in [1.82, 2.24) is 25.1 Å². The summed E-state index contributed by atoms with van der Waals surface area (Å²) in [6.07, 6.45) is 5.62. The van der Waals surface area contributed by atoms with Gasteiger partial charge in [-0.3, -0.25) is 5.10 Å². The number of aromatic amines is 1. The zero-order valence-electron chi connectivity index (χ0n) is 15.1. The van der Waals surface area contributed by atoms with E-state index in [4.69, 9.17) is 4.98 Å². The molecule has 0 radical (unpaired) electrons. The van der Waals surface area contributed by atoms with Crippen LogP contribution in [0.15, 0.2) is 42.9 Å². The highest BCUT2D eigenvalue weighted by molar-refractivity contribution is 5.63. The minimum Gasteiger partial charge on any atom is -0.378 e. The summed E-state index contributed by atoms with van der Waals surface area (Å²) in [5, 5.41) is 6.98. The molecular formula is C19H23N7. The van der Waals surface area contributed by atoms with Crippen LogP contribution in [0.5, 0.6) is 0 Å². The smallest absolute Gasteiger partial charge is 0.225 e. The Morgan fingerprint density at radius 3 is 2.69 bits per heavy atom. The van der Waals surface area contributed by atoms with E-state index in [0.29, 0.717) is 5.92 Å². The molecule has 4 rings (SSSR count). The van der Waals surface area contributed by atoms with Gasteiger partial charge in [-0.1, -0.05) is 12.1 Å². The van der Waals surface area contributed by atoms with Gasteiger partial charge >= 0.3 is 0 Å². The molecule has 0 spiro atoms. The van der Waals surface area contributed by atoms with Gasteiger partial charge in [0.1, 0.15) is 12.2 Å². The largest absolute Gasteiger partial charge is 0.378 e. The van der Waals surface area contributed by atoms with E-state index < -0.39 is 0 Å². The van der Waals surface area contributed by atoms with Crippen LogP contribution in [-0.4, -0.2) is 52.3 Å². The highest BCUT2D eigenvalue weighted by Crippen LogP contribution is 2.27. The lowest BCUT2D eigenvalue weighted by molar-refractivity contribution is 0.487. The molecule has 1 atom stereocenters. The van der Waals surface area contributed by atoms with Crippen molar-refractivity contribution < 1.29 is 0 Å². The van der Waals surface area contributed by atoms with E-state index in [9.17, 15) is 0 Å². The van der Waals surface area contributed by atoms with Gasteiger partial charge in [0.15, 0.2) is 0 Å². The van der Waals surface area contributed by atoms with Gasteiger partial charge in [0.05, 0.1) is 5.69 Å². The van der Waals surface area contributed by atoms with Crippen LogP contribution >= 0.6 is 0 Å². The molecule has 1 saturated heterocycles. The quantitative estimate of drug-likeness (QED) is 0.781. The van der Waals surface area contributed by atoms with E-state index in [1.807, 2.05) is 26.4 Å². The van der Waals surface area contributed by atoms with Crippen LogP contribution in [0.25, 0.3) is 11.3 Å². The molecule has 0 bridgehead atoms. The van der Waals surface area contributed by atoms with Crippen molar-refractivity contribution in [3.8, 4) is 11.3 Å². The van der Waals surface area contributed by atoms with Crippen LogP contribution in [-0.2, 0) is 0 Å². The first-order valence-corrected chi connectivity index (χ1v) is 8.92. The number of hydrogen-bond donors (Lipinski definition) is 1. The molecule has 1 aliphatic rings. The summed E-state index contributed by atoms with van der Waals surface area (Å²) in [5.41, 5.74) is 3.22. The fourth-order valence-electron chi connectivity index (χ4n) is 3.39. The predicted molar refractivity (Wildman–Crippen MR) is 102 cm³/mol. The lowest BCUT2D eigenvalue weighted by Gasteiger charge is -2.31. The van der Waals surface area contributed by atoms with Crippen LogP contribution in [0, 0.1) is 0 Å². The minimum atomic E-state index is 0.345. The third-order valence-corrected chi connectivity index (χ3v) is 4.85. The van der Waals surface area contributed by atoms with Crippen molar-refractivity contribution in [2.75, 3.05) is 37.0 Å². The van der Waals surface area contributed by atoms with E-state index in [2.05, 4.69) is 54.2 Å². The van der Waals surface area contributed by atoms with Gasteiger partial charge in [-0.25, -0.2) is 15.0 Å². The van der Waals surface area contributed by atoms with Crippen molar-refractivity contribution in [1.29, 1.82) is 0 Å². The molecule has 3 heterocycles. The third-order valence-electron chi connectivity index (χ3n) is 4.85. The van der Waals surface area contributed by atoms with Crippen molar-refractivity contribution in [2.24, 2.45) is 0 Å². The van der Waals surface area contributed by atoms with Gasteiger partial charge in [-0.15, -0.1) is 0 Å². The first-order chi connectivity index (χ1) is 12.7. The molecule has 134 valence electrons. The average molecular weight is 349 g/mol. The van der Waals surface area contributed by atoms with Gasteiger partial charge in [0.2, 0.25) is 5.95 Å². The molecule has 0 aliphatic carbocycles. The van der Waals surface area contributed by atoms with E-state index in [0.717, 1.165) is 49.0 Å². The summed E-state index contributed by atoms with van der Waals surface area (Å²) in [4.78, 5) is 18.0. The Bertz CT molecular complexity index is 843. The maximum Gasteiger partial charge on any atom is 0.225 e. The molecule has 3 aromatic rings. The Hall–Kier alpha value is -2.96. The van der Waals surface area contributed by atoms with Crippen LogP contribution < -0.4 is 9.80 Å². The topological polar surface area (TPSA) is 73.8 Å². The molecule has 1 fully saturated rings. The summed E-state index contributed by atoms with van der Waals surface area (Å²) in [7, 11) is 4.08. The summed E-state index contributed by atoms with van der Waals surface area (Å²) in [5.74, 6) is 2.08. The maximum absolute atomic E-state index is 4.81. The van der Waals surface area contributed by atoms with E-state index in [1.165, 1.54) is 5.69 Å². The Kier molecular flexibility index (Phi) is 4.51. The van der Waals surface area contributed by atoms with Gasteiger partial charge < -0.3 is 9.80 Å². The number of rotatable bonds is 4. The van der Waals surface area contributed by atoms with E-state index in [-0.39, 0.29) is 0 Å². The molecule has 1 N–H and O–H groups in total. The minimum absolute atomic E-state index is 0.345. The molecule has 1 unspecified atom stereocenters. The molecule has 7 nitrogen and oxygen atoms in total. The number of nitrogens with one attached hydrogen (secondary N) is 1. The van der Waals surface area contributed by atoms with E-state index >= 15 is 0 Å². The van der Waals surface area contributed by atoms with Gasteiger partial charge in [-0.2, -0.15) is 5.10 Å². The maximum atomic E-state index is 4.81. The highest BCUT2D eigenvalue weighted by Gasteiger charge is 2.25. The Morgan fingerprint density at radius 1 is 1.12 bits per heavy atom. The van der Waals surface area contributed by atoms with Gasteiger partial charge in [-0.05, 0) is 31.0 Å². The van der Waals surface area contributed by atoms with Crippen LogP contribution in [0.2, 0.25) is 0 Å². The van der Waals surface area contributed by atoms with Gasteiger partial charge in [0.25, 0.3) is 0 Å². The lowest BCUT2D eigenvalue weighted by Crippen LogP contribution is -2.36. The first kappa shape index (κ1) is 16.5. The summed E-state index contributed by atoms with van der Waals surface area (Å²) in [6, 6.07) is 10.4. The molecule has 1 aliphatic heterocycles. The number of benzene rings is 1. The number of H-pyrrole nitrogens is 1. The van der Waals surface area contributed by atoms with Crippen LogP contribution in [0.1, 0.15) is 24.6 Å². The Morgan fingerprint density at radius 2 is 1.96 bits per heavy atom. The molecule has 26 heavy (non-hydrogen) atoms. The predicted octanol–water partition coefficient (Wildman–Crippen LogP) is 2.71. The van der Waals surface area contributed by atoms with Crippen molar-refractivity contribution in [3.63, 3.8) is 0 Å². The molecule has 1 aromatic carbocycles. The number of nitrogens with zero attached hydrogens (tertiary/aromatic N) is 6. The summed E-state index contributed by atoms with van der Waals surface area (Å²) in [6.45, 7) is 1.83. The molecule has 0 saturated carbocycles. The standard InChI is InChI=1S/C19H23N7/c1-25(2)16-7-5-14(6-8-16)17-9-10-20-19(23-17)26-11-3-4-15(12-26)18-21-13-22-24-18/h5-10,13,15H,3-4,11-12H2,1-2H3,(H,21,22,24). The van der Waals surface area contributed by atoms with Crippen molar-refractivity contribution in [3.05, 3.63) is 48.7 Å². The molecule has 2 aromatic heterocycles. The summed E-state index contributed by atoms with van der Waals surface area (Å²) < 4.78 is 0. The van der Waals surface area contributed by atoms with Crippen LogP contribution in [0.4, 0.5) is 11.6 Å². The second kappa shape index (κ2) is 7.11. The number of aromatic nitrogens is 5. The lowest BCUT2D eigenvalue weighted by atomic mass is 9.98. The average Bonchev–Trinajstić information content (AvgIpc) is 3.23. The third kappa shape index (κ3) is 3.37. The SMILES string of the molecule is CN(C)c1ccc(-c2ccnc(N3CCCC(c4ncn[nH]4)C3)n2)cc1. The normalized spacial score (nSPS) is 17.3. The molecular weight excluding hydrogens is 326 g/mol. The fraction of sp³-hybridized carbons (Fsp3) is 0.368. The summed E-state index contributed by atoms with van der Waals surface area (Å²) >= 11 is 0. The Balaban J connectivity index is 1.55. The highest BCUT2D eigenvalue weighted by atomic mass is 15.3. The number of hydrogen-bond acceptors (Lipinski definition) is 6. The van der Waals surface area contributed by atoms with E-state index in [1.54, 1.807) is 6.33 Å². The van der Waals surface area contributed by atoms with Gasteiger partial charge in [0, 0.05) is 50.6 Å². The molecule has 0 amide bonds. The zero-order valence-corrected chi connectivity index (χ0v) is 15.1. The monoisotopic (exact) mass is 349 g/mol. The van der Waals surface area contributed by atoms with Crippen molar-refractivity contribution in [2.45, 2.75) is 18.8 Å². The second-order valence-corrected chi connectivity index (χ2v) is 6.84. The fourth-order valence-corrected chi connectivity index (χ4v) is 3.39. The second-order valence-electron chi connectivity index (χ2n) is 6.84. The first-order valence-electron chi connectivity index (χ1n) is 8.92. The Labute approximate surface area is 153 Å². The van der Waals surface area contributed by atoms with Crippen molar-refractivity contribution >= 4 is 11.6 Å². The zero-order chi connectivity index (χ0) is 17.9. The number of anilines is 2. The molecule has 7 heteroatoms. The number of piperidine rings is 1. The van der Waals surface area contributed by atoms with Crippen LogP contribution in [0.3, 0.4) is 0 Å².